The Morgan fingerprint density at radius 2 is 1.84 bits per heavy atom. The van der Waals surface area contributed by atoms with Crippen molar-refractivity contribution in [2.24, 2.45) is 0 Å². The Morgan fingerprint density at radius 1 is 1.08 bits per heavy atom. The Labute approximate surface area is 149 Å². The van der Waals surface area contributed by atoms with E-state index >= 15 is 0 Å². The van der Waals surface area contributed by atoms with Gasteiger partial charge in [-0.2, -0.15) is 0 Å². The van der Waals surface area contributed by atoms with Crippen LogP contribution in [0.1, 0.15) is 36.9 Å². The molecule has 0 aliphatic heterocycles. The van der Waals surface area contributed by atoms with Crippen LogP contribution in [-0.4, -0.2) is 11.8 Å². The SMILES string of the molecule is Cc1ccc(CNC(=O)c2sc(NC(=O)c3ccco3)cc2C)cc1. The molecule has 0 bridgehead atoms. The molecule has 6 heteroatoms. The molecule has 2 N–H and O–H groups in total. The predicted octanol–water partition coefficient (Wildman–Crippen LogP) is 4.14. The molecule has 2 amide bonds. The van der Waals surface area contributed by atoms with E-state index in [1.807, 2.05) is 38.1 Å². The Morgan fingerprint density at radius 3 is 2.52 bits per heavy atom. The lowest BCUT2D eigenvalue weighted by molar-refractivity contribution is 0.0953. The molecule has 0 aliphatic rings. The van der Waals surface area contributed by atoms with Gasteiger partial charge in [0.05, 0.1) is 16.1 Å². The van der Waals surface area contributed by atoms with Crippen LogP contribution >= 0.6 is 11.3 Å². The minimum atomic E-state index is -0.335. The second kappa shape index (κ2) is 7.36. The van der Waals surface area contributed by atoms with Gasteiger partial charge >= 0.3 is 0 Å². The van der Waals surface area contributed by atoms with E-state index in [4.69, 9.17) is 4.42 Å². The second-order valence-corrected chi connectivity index (χ2v) is 6.77. The molecule has 128 valence electrons. The third-order valence-electron chi connectivity index (χ3n) is 3.68. The third-order valence-corrected chi connectivity index (χ3v) is 4.83. The molecule has 3 aromatic rings. The first-order valence-corrected chi connectivity index (χ1v) is 8.63. The molecule has 0 fully saturated rings. The number of thiophene rings is 1. The van der Waals surface area contributed by atoms with E-state index in [9.17, 15) is 9.59 Å². The normalized spacial score (nSPS) is 10.5. The molecule has 3 rings (SSSR count). The standard InChI is InChI=1S/C19H18N2O3S/c1-12-5-7-14(8-6-12)11-20-19(23)17-13(2)10-16(25-17)21-18(22)15-4-3-9-24-15/h3-10H,11H2,1-2H3,(H,20,23)(H,21,22). The highest BCUT2D eigenvalue weighted by Gasteiger charge is 2.16. The summed E-state index contributed by atoms with van der Waals surface area (Å²) in [6.07, 6.45) is 1.44. The zero-order valence-corrected chi connectivity index (χ0v) is 14.8. The molecule has 0 spiro atoms. The summed E-state index contributed by atoms with van der Waals surface area (Å²) >= 11 is 1.25. The second-order valence-electron chi connectivity index (χ2n) is 5.72. The molecule has 25 heavy (non-hydrogen) atoms. The number of nitrogens with one attached hydrogen (secondary N) is 2. The lowest BCUT2D eigenvalue weighted by Crippen LogP contribution is -2.22. The Bertz CT molecular complexity index is 880. The van der Waals surface area contributed by atoms with Gasteiger partial charge in [0.1, 0.15) is 0 Å². The minimum Gasteiger partial charge on any atom is -0.459 e. The fourth-order valence-electron chi connectivity index (χ4n) is 2.32. The van der Waals surface area contributed by atoms with Crippen LogP contribution in [0.5, 0.6) is 0 Å². The van der Waals surface area contributed by atoms with Gasteiger partial charge in [0.15, 0.2) is 5.76 Å². The molecule has 1 aromatic carbocycles. The van der Waals surface area contributed by atoms with Gasteiger partial charge < -0.3 is 15.1 Å². The first-order valence-electron chi connectivity index (χ1n) is 7.82. The summed E-state index contributed by atoms with van der Waals surface area (Å²) in [5, 5.41) is 6.27. The topological polar surface area (TPSA) is 71.3 Å². The fraction of sp³-hybridized carbons (Fsp3) is 0.158. The number of amides is 2. The van der Waals surface area contributed by atoms with Crippen molar-refractivity contribution in [2.75, 3.05) is 5.32 Å². The summed E-state index contributed by atoms with van der Waals surface area (Å²) < 4.78 is 5.06. The molecular weight excluding hydrogens is 336 g/mol. The van der Waals surface area contributed by atoms with Crippen molar-refractivity contribution >= 4 is 28.2 Å². The van der Waals surface area contributed by atoms with Crippen molar-refractivity contribution in [3.05, 3.63) is 76.1 Å². The zero-order chi connectivity index (χ0) is 17.8. The van der Waals surface area contributed by atoms with Gasteiger partial charge in [0.2, 0.25) is 0 Å². The number of anilines is 1. The van der Waals surface area contributed by atoms with Crippen molar-refractivity contribution in [1.29, 1.82) is 0 Å². The van der Waals surface area contributed by atoms with Crippen LogP contribution in [0, 0.1) is 13.8 Å². The van der Waals surface area contributed by atoms with Gasteiger partial charge in [-0.3, -0.25) is 9.59 Å². The van der Waals surface area contributed by atoms with Crippen LogP contribution in [0.3, 0.4) is 0 Å². The number of furan rings is 1. The fourth-order valence-corrected chi connectivity index (χ4v) is 3.30. The molecule has 5 nitrogen and oxygen atoms in total. The van der Waals surface area contributed by atoms with E-state index < -0.39 is 0 Å². The highest BCUT2D eigenvalue weighted by atomic mass is 32.1. The maximum Gasteiger partial charge on any atom is 0.291 e. The molecule has 0 saturated heterocycles. The highest BCUT2D eigenvalue weighted by molar-refractivity contribution is 7.18. The van der Waals surface area contributed by atoms with E-state index in [2.05, 4.69) is 10.6 Å². The number of benzene rings is 1. The summed E-state index contributed by atoms with van der Waals surface area (Å²) in [5.41, 5.74) is 3.04. The number of carbonyl (C=O) groups is 2. The van der Waals surface area contributed by atoms with Gasteiger partial charge in [-0.05, 0) is 43.2 Å². The monoisotopic (exact) mass is 354 g/mol. The van der Waals surface area contributed by atoms with Gasteiger partial charge in [-0.1, -0.05) is 29.8 Å². The number of rotatable bonds is 5. The van der Waals surface area contributed by atoms with Crippen molar-refractivity contribution in [2.45, 2.75) is 20.4 Å². The van der Waals surface area contributed by atoms with Crippen LogP contribution in [-0.2, 0) is 6.54 Å². The summed E-state index contributed by atoms with van der Waals surface area (Å²) in [5.74, 6) is -0.254. The van der Waals surface area contributed by atoms with Gasteiger partial charge in [-0.25, -0.2) is 0 Å². The smallest absolute Gasteiger partial charge is 0.291 e. The zero-order valence-electron chi connectivity index (χ0n) is 14.0. The summed E-state index contributed by atoms with van der Waals surface area (Å²) in [6, 6.07) is 13.0. The Balaban J connectivity index is 1.64. The quantitative estimate of drug-likeness (QED) is 0.723. The van der Waals surface area contributed by atoms with Crippen LogP contribution in [0.15, 0.2) is 53.1 Å². The van der Waals surface area contributed by atoms with Crippen LogP contribution in [0.4, 0.5) is 5.00 Å². The van der Waals surface area contributed by atoms with Gasteiger partial charge in [-0.15, -0.1) is 11.3 Å². The number of hydrogen-bond acceptors (Lipinski definition) is 4. The number of hydrogen-bond donors (Lipinski definition) is 2. The molecule has 0 saturated carbocycles. The number of aryl methyl sites for hydroxylation is 2. The highest BCUT2D eigenvalue weighted by Crippen LogP contribution is 2.27. The average molecular weight is 354 g/mol. The molecule has 0 atom stereocenters. The van der Waals surface area contributed by atoms with Crippen molar-refractivity contribution in [1.82, 2.24) is 5.32 Å². The largest absolute Gasteiger partial charge is 0.459 e. The van der Waals surface area contributed by atoms with Crippen molar-refractivity contribution < 1.29 is 14.0 Å². The predicted molar refractivity (Wildman–Crippen MR) is 98.1 cm³/mol. The lowest BCUT2D eigenvalue weighted by Gasteiger charge is -2.05. The molecule has 0 aliphatic carbocycles. The van der Waals surface area contributed by atoms with E-state index in [1.54, 1.807) is 18.2 Å². The summed E-state index contributed by atoms with van der Waals surface area (Å²) in [4.78, 5) is 25.0. The molecule has 0 radical (unpaired) electrons. The maximum atomic E-state index is 12.4. The molecular formula is C19H18N2O3S. The summed E-state index contributed by atoms with van der Waals surface area (Å²) in [7, 11) is 0. The molecule has 2 heterocycles. The van der Waals surface area contributed by atoms with E-state index in [1.165, 1.54) is 23.2 Å². The minimum absolute atomic E-state index is 0.151. The Hall–Kier alpha value is -2.86. The molecule has 0 unspecified atom stereocenters. The van der Waals surface area contributed by atoms with Crippen molar-refractivity contribution in [3.63, 3.8) is 0 Å². The van der Waals surface area contributed by atoms with Crippen LogP contribution in [0.25, 0.3) is 0 Å². The van der Waals surface area contributed by atoms with E-state index in [0.717, 1.165) is 11.1 Å². The van der Waals surface area contributed by atoms with Crippen LogP contribution < -0.4 is 10.6 Å². The first kappa shape index (κ1) is 17.0. The van der Waals surface area contributed by atoms with Crippen LogP contribution in [0.2, 0.25) is 0 Å². The maximum absolute atomic E-state index is 12.4. The van der Waals surface area contributed by atoms with E-state index in [-0.39, 0.29) is 17.6 Å². The molecule has 2 aromatic heterocycles. The number of carbonyl (C=O) groups excluding carboxylic acids is 2. The van der Waals surface area contributed by atoms with Gasteiger partial charge in [0, 0.05) is 6.54 Å². The van der Waals surface area contributed by atoms with Crippen molar-refractivity contribution in [3.8, 4) is 0 Å². The average Bonchev–Trinajstić information content (AvgIpc) is 3.24. The third kappa shape index (κ3) is 4.16. The Kier molecular flexibility index (Phi) is 5.00. The lowest BCUT2D eigenvalue weighted by atomic mass is 10.1. The van der Waals surface area contributed by atoms with E-state index in [0.29, 0.717) is 16.4 Å². The summed E-state index contributed by atoms with van der Waals surface area (Å²) in [6.45, 7) is 4.33. The van der Waals surface area contributed by atoms with Gasteiger partial charge in [0.25, 0.3) is 11.8 Å². The first-order chi connectivity index (χ1) is 12.0.